The highest BCUT2D eigenvalue weighted by Gasteiger charge is 2.33. The van der Waals surface area contributed by atoms with Crippen LogP contribution in [0.2, 0.25) is 0 Å². The van der Waals surface area contributed by atoms with Gasteiger partial charge in [-0.25, -0.2) is 9.18 Å². The summed E-state index contributed by atoms with van der Waals surface area (Å²) in [5.74, 6) is -2.33. The zero-order valence-electron chi connectivity index (χ0n) is 21.6. The molecule has 5 aromatic rings. The third-order valence-electron chi connectivity index (χ3n) is 7.02. The molecule has 4 aromatic heterocycles. The first-order valence-corrected chi connectivity index (χ1v) is 12.8. The molecule has 0 atom stereocenters. The van der Waals surface area contributed by atoms with Crippen molar-refractivity contribution in [3.63, 3.8) is 0 Å². The van der Waals surface area contributed by atoms with Crippen LogP contribution in [0.25, 0.3) is 33.7 Å². The maximum Gasteiger partial charge on any atom is 0.420 e. The fourth-order valence-corrected chi connectivity index (χ4v) is 4.97. The summed E-state index contributed by atoms with van der Waals surface area (Å²) in [5.41, 5.74) is 1.58. The van der Waals surface area contributed by atoms with Crippen LogP contribution in [0.3, 0.4) is 0 Å². The molecule has 0 bridgehead atoms. The predicted octanol–water partition coefficient (Wildman–Crippen LogP) is 5.23. The molecule has 1 saturated heterocycles. The number of nitrogens with zero attached hydrogens (tertiary/aromatic N) is 7. The maximum atomic E-state index is 15.3. The lowest BCUT2D eigenvalue weighted by Crippen LogP contribution is -2.40. The Labute approximate surface area is 232 Å². The van der Waals surface area contributed by atoms with Crippen LogP contribution in [0.1, 0.15) is 36.9 Å². The van der Waals surface area contributed by atoms with E-state index in [9.17, 15) is 26.7 Å². The summed E-state index contributed by atoms with van der Waals surface area (Å²) in [6.45, 7) is -0.479. The van der Waals surface area contributed by atoms with Crippen molar-refractivity contribution < 1.29 is 35.2 Å². The Morgan fingerprint density at radius 3 is 2.48 bits per heavy atom. The molecule has 0 radical (unpaired) electrons. The van der Waals surface area contributed by atoms with Gasteiger partial charge in [-0.1, -0.05) is 0 Å². The molecule has 5 heterocycles. The van der Waals surface area contributed by atoms with Crippen molar-refractivity contribution in [1.29, 1.82) is 0 Å². The van der Waals surface area contributed by atoms with Gasteiger partial charge in [0.25, 0.3) is 5.89 Å². The number of likely N-dealkylation sites (tertiary alicyclic amines) is 1. The first kappa shape index (κ1) is 27.7. The van der Waals surface area contributed by atoms with E-state index in [1.165, 1.54) is 46.1 Å². The first-order valence-electron chi connectivity index (χ1n) is 12.8. The smallest absolute Gasteiger partial charge is 0.415 e. The second-order valence-electron chi connectivity index (χ2n) is 9.87. The highest BCUT2D eigenvalue weighted by molar-refractivity contribution is 5.80. The molecule has 220 valence electrons. The van der Waals surface area contributed by atoms with Gasteiger partial charge in [0, 0.05) is 42.7 Å². The van der Waals surface area contributed by atoms with Gasteiger partial charge in [-0.2, -0.15) is 27.1 Å². The van der Waals surface area contributed by atoms with Crippen molar-refractivity contribution in [2.24, 2.45) is 0 Å². The molecular weight excluding hydrogens is 572 g/mol. The van der Waals surface area contributed by atoms with Gasteiger partial charge in [0.15, 0.2) is 5.58 Å². The molecule has 0 amide bonds. The van der Waals surface area contributed by atoms with Crippen molar-refractivity contribution in [1.82, 2.24) is 34.4 Å². The minimum Gasteiger partial charge on any atom is -0.415 e. The molecule has 0 unspecified atom stereocenters. The number of hydrogen-bond donors (Lipinski definition) is 0. The highest BCUT2D eigenvalue weighted by Crippen LogP contribution is 2.31. The van der Waals surface area contributed by atoms with Crippen molar-refractivity contribution in [3.8, 4) is 22.6 Å². The van der Waals surface area contributed by atoms with Crippen LogP contribution in [0, 0.1) is 5.82 Å². The number of piperidine rings is 1. The average Bonchev–Trinajstić information content (AvgIpc) is 3.69. The molecule has 0 aliphatic carbocycles. The summed E-state index contributed by atoms with van der Waals surface area (Å²) in [4.78, 5) is 18.2. The molecule has 42 heavy (non-hydrogen) atoms. The van der Waals surface area contributed by atoms with Gasteiger partial charge >= 0.3 is 18.4 Å². The number of halogens is 6. The summed E-state index contributed by atoms with van der Waals surface area (Å²) in [5, 5.41) is 11.1. The number of benzene rings is 1. The standard InChI is InChI=1S/C26H21F6N7O3/c27-19-8-20-21(7-18(19)15-10-34-39(11-15)17-3-5-37(6-4-17)13-26(30,31)32)41-25(40)38(20)12-16-2-1-14(9-33-16)23-35-36-24(42-23)22(28)29/h1-2,7-11,17,22H,3-6,12-13H2. The van der Waals surface area contributed by atoms with Gasteiger partial charge in [-0.15, -0.1) is 10.2 Å². The van der Waals surface area contributed by atoms with E-state index in [0.29, 0.717) is 29.7 Å². The molecule has 0 N–H and O–H groups in total. The molecule has 6 rings (SSSR count). The zero-order valence-corrected chi connectivity index (χ0v) is 21.6. The average molecular weight is 593 g/mol. The molecule has 0 spiro atoms. The minimum atomic E-state index is -4.25. The normalized spacial score (nSPS) is 15.3. The molecular formula is C26H21F6N7O3. The summed E-state index contributed by atoms with van der Waals surface area (Å²) >= 11 is 0. The number of pyridine rings is 1. The van der Waals surface area contributed by atoms with Gasteiger partial charge in [0.2, 0.25) is 5.89 Å². The van der Waals surface area contributed by atoms with Gasteiger partial charge in [0.1, 0.15) is 5.82 Å². The Morgan fingerprint density at radius 1 is 1.02 bits per heavy atom. The van der Waals surface area contributed by atoms with E-state index in [4.69, 9.17) is 8.83 Å². The van der Waals surface area contributed by atoms with Crippen molar-refractivity contribution in [2.45, 2.75) is 38.0 Å². The molecule has 1 aliphatic rings. The van der Waals surface area contributed by atoms with E-state index < -0.39 is 36.6 Å². The monoisotopic (exact) mass is 593 g/mol. The Hall–Kier alpha value is -4.47. The van der Waals surface area contributed by atoms with Gasteiger partial charge in [-0.3, -0.25) is 19.1 Å². The SMILES string of the molecule is O=c1oc2cc(-c3cnn(C4CCN(CC(F)(F)F)CC4)c3)c(F)cc2n1Cc1ccc(-c2nnc(C(F)F)o2)cn1. The zero-order chi connectivity index (χ0) is 29.6. The second kappa shape index (κ2) is 10.7. The Morgan fingerprint density at radius 2 is 1.81 bits per heavy atom. The van der Waals surface area contributed by atoms with E-state index >= 15 is 4.39 Å². The van der Waals surface area contributed by atoms with E-state index in [0.717, 1.165) is 0 Å². The van der Waals surface area contributed by atoms with Crippen LogP contribution in [-0.4, -0.2) is 60.2 Å². The number of aromatic nitrogens is 6. The number of rotatable bonds is 7. The topological polar surface area (TPSA) is 108 Å². The van der Waals surface area contributed by atoms with E-state index in [1.807, 2.05) is 0 Å². The lowest BCUT2D eigenvalue weighted by molar-refractivity contribution is -0.148. The van der Waals surface area contributed by atoms with Crippen LogP contribution in [0.15, 0.2) is 56.5 Å². The van der Waals surface area contributed by atoms with Gasteiger partial charge < -0.3 is 8.83 Å². The van der Waals surface area contributed by atoms with Crippen LogP contribution in [0.4, 0.5) is 26.3 Å². The Kier molecular flexibility index (Phi) is 7.08. The molecule has 1 aromatic carbocycles. The lowest BCUT2D eigenvalue weighted by Gasteiger charge is -2.32. The Balaban J connectivity index is 1.18. The molecule has 1 fully saturated rings. The number of hydrogen-bond acceptors (Lipinski definition) is 8. The number of alkyl halides is 5. The molecule has 1 aliphatic heterocycles. The fraction of sp³-hybridized carbons (Fsp3) is 0.346. The summed E-state index contributed by atoms with van der Waals surface area (Å²) in [6, 6.07) is 5.47. The van der Waals surface area contributed by atoms with Crippen LogP contribution < -0.4 is 5.76 Å². The van der Waals surface area contributed by atoms with Crippen molar-refractivity contribution >= 4 is 11.1 Å². The van der Waals surface area contributed by atoms with Gasteiger partial charge in [-0.05, 0) is 31.0 Å². The summed E-state index contributed by atoms with van der Waals surface area (Å²) in [7, 11) is 0. The Bertz CT molecular complexity index is 1770. The van der Waals surface area contributed by atoms with Gasteiger partial charge in [0.05, 0.1) is 42.1 Å². The number of fused-ring (bicyclic) bond motifs is 1. The highest BCUT2D eigenvalue weighted by atomic mass is 19.4. The van der Waals surface area contributed by atoms with Crippen LogP contribution >= 0.6 is 0 Å². The third kappa shape index (κ3) is 5.66. The quantitative estimate of drug-likeness (QED) is 0.236. The fourth-order valence-electron chi connectivity index (χ4n) is 4.97. The summed E-state index contributed by atoms with van der Waals surface area (Å²) < 4.78 is 91.8. The maximum absolute atomic E-state index is 15.3. The third-order valence-corrected chi connectivity index (χ3v) is 7.02. The molecule has 0 saturated carbocycles. The summed E-state index contributed by atoms with van der Waals surface area (Å²) in [6.07, 6.45) is -1.81. The van der Waals surface area contributed by atoms with Crippen molar-refractivity contribution in [2.75, 3.05) is 19.6 Å². The van der Waals surface area contributed by atoms with E-state index in [-0.39, 0.29) is 48.2 Å². The van der Waals surface area contributed by atoms with Crippen LogP contribution in [-0.2, 0) is 6.54 Å². The lowest BCUT2D eigenvalue weighted by atomic mass is 10.0. The largest absolute Gasteiger partial charge is 0.420 e. The van der Waals surface area contributed by atoms with Crippen LogP contribution in [0.5, 0.6) is 0 Å². The minimum absolute atomic E-state index is 0.0675. The molecule has 10 nitrogen and oxygen atoms in total. The molecule has 16 heteroatoms. The number of oxazole rings is 1. The van der Waals surface area contributed by atoms with Crippen molar-refractivity contribution in [3.05, 3.63) is 70.8 Å². The van der Waals surface area contributed by atoms with E-state index in [1.54, 1.807) is 10.9 Å². The van der Waals surface area contributed by atoms with E-state index in [2.05, 4.69) is 20.3 Å². The predicted molar refractivity (Wildman–Crippen MR) is 134 cm³/mol. The second-order valence-corrected chi connectivity index (χ2v) is 9.87. The first-order chi connectivity index (χ1) is 20.0.